The van der Waals surface area contributed by atoms with Crippen LogP contribution in [0.15, 0.2) is 54.9 Å². The summed E-state index contributed by atoms with van der Waals surface area (Å²) in [4.78, 5) is 39.8. The molecular formula is C38H42F3N7O5S. The van der Waals surface area contributed by atoms with Gasteiger partial charge in [0.1, 0.15) is 28.9 Å². The lowest BCUT2D eigenvalue weighted by Crippen LogP contribution is -2.55. The van der Waals surface area contributed by atoms with E-state index in [4.69, 9.17) is 0 Å². The van der Waals surface area contributed by atoms with Crippen LogP contribution in [-0.4, -0.2) is 121 Å². The normalized spacial score (nSPS) is 21.3. The van der Waals surface area contributed by atoms with Crippen molar-refractivity contribution in [2.75, 3.05) is 68.2 Å². The summed E-state index contributed by atoms with van der Waals surface area (Å²) in [7, 11) is -3.47. The van der Waals surface area contributed by atoms with Gasteiger partial charge in [0.15, 0.2) is 5.82 Å². The monoisotopic (exact) mass is 765 g/mol. The van der Waals surface area contributed by atoms with Crippen LogP contribution in [0.5, 0.6) is 0 Å². The van der Waals surface area contributed by atoms with Crippen molar-refractivity contribution in [2.45, 2.75) is 43.8 Å². The number of carbonyl (C=O) groups is 2. The van der Waals surface area contributed by atoms with Gasteiger partial charge in [0, 0.05) is 87.0 Å². The average Bonchev–Trinajstić information content (AvgIpc) is 3.71. The molecule has 5 heterocycles. The number of aliphatic carboxylic acids is 1. The fraction of sp³-hybridized carbons (Fsp3) is 0.447. The standard InChI is InChI=1S/C38H42F3N7O5S/c39-27-9-14-47(23-27)48(54(52)53)32-6-5-31(40)33(34(32)41)35(49)30-21-43-36-29(30)19-26(20-42-36)25-1-3-28(4-2-25)45-12-7-24(8-13-45)22-44-15-17-46(18-16-44)38(10-11-38)37(50)51/h1-6,19-21,24,27,54H,7-18,22-23H2,(H,42,43)(H,50,51)/t27-/m1/s1. The van der Waals surface area contributed by atoms with Crippen molar-refractivity contribution in [3.63, 3.8) is 0 Å². The molecule has 0 amide bonds. The van der Waals surface area contributed by atoms with Crippen LogP contribution in [0, 0.1) is 17.6 Å². The van der Waals surface area contributed by atoms with Crippen molar-refractivity contribution < 1.29 is 36.3 Å². The van der Waals surface area contributed by atoms with Crippen molar-refractivity contribution in [2.24, 2.45) is 5.92 Å². The summed E-state index contributed by atoms with van der Waals surface area (Å²) in [6.07, 6.45) is 5.38. The molecule has 0 unspecified atom stereocenters. The molecule has 2 N–H and O–H groups in total. The van der Waals surface area contributed by atoms with E-state index in [2.05, 4.69) is 24.7 Å². The van der Waals surface area contributed by atoms with Gasteiger partial charge in [0.25, 0.3) is 0 Å². The van der Waals surface area contributed by atoms with Gasteiger partial charge in [0.05, 0.1) is 12.1 Å². The van der Waals surface area contributed by atoms with Crippen molar-refractivity contribution in [1.82, 2.24) is 24.8 Å². The number of hydrogen-bond donors (Lipinski definition) is 3. The molecule has 4 aliphatic rings. The van der Waals surface area contributed by atoms with Crippen LogP contribution in [0.2, 0.25) is 0 Å². The minimum atomic E-state index is -3.47. The van der Waals surface area contributed by atoms with Gasteiger partial charge in [-0.3, -0.25) is 14.5 Å². The second-order valence-corrected chi connectivity index (χ2v) is 15.7. The SMILES string of the molecule is O=C(c1c(F)ccc(N(N2CC[C@@H](F)C2)[SH](=O)=O)c1F)c1c[nH]c2ncc(-c3ccc(N4CCC(CN5CCN(C6(C(=O)O)CC6)CC5)CC4)cc3)cc12. The molecule has 286 valence electrons. The van der Waals surface area contributed by atoms with Crippen LogP contribution < -0.4 is 9.31 Å². The number of nitrogens with one attached hydrogen (secondary N) is 1. The number of thiol groups is 1. The molecule has 16 heteroatoms. The van der Waals surface area contributed by atoms with Crippen LogP contribution in [0.1, 0.15) is 48.0 Å². The number of carboxylic acid groups (broad SMARTS) is 1. The molecule has 1 saturated carbocycles. The zero-order valence-corrected chi connectivity index (χ0v) is 30.5. The second-order valence-electron chi connectivity index (χ2n) is 14.8. The zero-order valence-electron chi connectivity index (χ0n) is 29.6. The Balaban J connectivity index is 0.931. The maximum absolute atomic E-state index is 15.9. The van der Waals surface area contributed by atoms with E-state index in [0.717, 1.165) is 99.9 Å². The summed E-state index contributed by atoms with van der Waals surface area (Å²) in [5.74, 6) is -3.61. The number of pyridine rings is 1. The highest BCUT2D eigenvalue weighted by molar-refractivity contribution is 7.73. The molecule has 2 aromatic carbocycles. The number of piperidine rings is 1. The van der Waals surface area contributed by atoms with Crippen molar-refractivity contribution in [3.8, 4) is 11.1 Å². The number of carboxylic acids is 1. The molecule has 0 radical (unpaired) electrons. The quantitative estimate of drug-likeness (QED) is 0.148. The molecule has 0 bridgehead atoms. The molecular weight excluding hydrogens is 724 g/mol. The number of benzene rings is 2. The number of carbonyl (C=O) groups excluding carboxylic acids is 1. The molecule has 3 aliphatic heterocycles. The molecule has 4 fully saturated rings. The van der Waals surface area contributed by atoms with Gasteiger partial charge in [-0.25, -0.2) is 31.6 Å². The number of alkyl halides is 1. The highest BCUT2D eigenvalue weighted by Gasteiger charge is 2.55. The lowest BCUT2D eigenvalue weighted by atomic mass is 9.95. The molecule has 2 aromatic heterocycles. The van der Waals surface area contributed by atoms with E-state index in [1.54, 1.807) is 12.3 Å². The number of nitrogens with zero attached hydrogens (tertiary/aromatic N) is 6. The Bertz CT molecular complexity index is 2140. The predicted octanol–water partition coefficient (Wildman–Crippen LogP) is 4.48. The van der Waals surface area contributed by atoms with Crippen LogP contribution in [0.3, 0.4) is 0 Å². The van der Waals surface area contributed by atoms with Gasteiger partial charge in [-0.1, -0.05) is 12.1 Å². The van der Waals surface area contributed by atoms with Gasteiger partial charge in [-0.2, -0.15) is 4.41 Å². The van der Waals surface area contributed by atoms with Crippen LogP contribution in [-0.2, 0) is 15.7 Å². The van der Waals surface area contributed by atoms with E-state index in [1.165, 1.54) is 6.20 Å². The van der Waals surface area contributed by atoms with Gasteiger partial charge in [-0.15, -0.1) is 0 Å². The highest BCUT2D eigenvalue weighted by atomic mass is 32.2. The van der Waals surface area contributed by atoms with Gasteiger partial charge < -0.3 is 19.9 Å². The first-order valence-electron chi connectivity index (χ1n) is 18.4. The van der Waals surface area contributed by atoms with E-state index < -0.39 is 57.2 Å². The van der Waals surface area contributed by atoms with E-state index in [-0.39, 0.29) is 25.1 Å². The Hall–Kier alpha value is -4.51. The third-order valence-corrected chi connectivity index (χ3v) is 12.4. The Kier molecular flexibility index (Phi) is 9.87. The van der Waals surface area contributed by atoms with Crippen molar-refractivity contribution >= 4 is 45.1 Å². The van der Waals surface area contributed by atoms with E-state index in [9.17, 15) is 27.5 Å². The molecule has 8 rings (SSSR count). The lowest BCUT2D eigenvalue weighted by molar-refractivity contribution is -0.146. The minimum absolute atomic E-state index is 0.0132. The smallest absolute Gasteiger partial charge is 0.324 e. The third-order valence-electron chi connectivity index (χ3n) is 11.6. The predicted molar refractivity (Wildman–Crippen MR) is 198 cm³/mol. The van der Waals surface area contributed by atoms with Crippen LogP contribution >= 0.6 is 0 Å². The maximum atomic E-state index is 15.9. The van der Waals surface area contributed by atoms with Gasteiger partial charge >= 0.3 is 5.97 Å². The van der Waals surface area contributed by atoms with Gasteiger partial charge in [0.2, 0.25) is 16.7 Å². The summed E-state index contributed by atoms with van der Waals surface area (Å²) < 4.78 is 69.9. The maximum Gasteiger partial charge on any atom is 0.324 e. The number of hydrogen-bond acceptors (Lipinski definition) is 9. The Morgan fingerprint density at radius 1 is 0.944 bits per heavy atom. The Labute approximate surface area is 312 Å². The van der Waals surface area contributed by atoms with Crippen molar-refractivity contribution in [3.05, 3.63) is 77.6 Å². The summed E-state index contributed by atoms with van der Waals surface area (Å²) >= 11 is 0. The largest absolute Gasteiger partial charge is 0.480 e. The summed E-state index contributed by atoms with van der Waals surface area (Å²) in [5.41, 5.74) is 0.827. The van der Waals surface area contributed by atoms with Crippen LogP contribution in [0.25, 0.3) is 22.2 Å². The number of anilines is 2. The molecule has 0 spiro atoms. The number of fused-ring (bicyclic) bond motifs is 1. The third kappa shape index (κ3) is 6.84. The summed E-state index contributed by atoms with van der Waals surface area (Å²) in [6, 6.07) is 11.5. The number of aromatic amines is 1. The van der Waals surface area contributed by atoms with E-state index in [1.807, 2.05) is 24.3 Å². The highest BCUT2D eigenvalue weighted by Crippen LogP contribution is 2.42. The van der Waals surface area contributed by atoms with Crippen LogP contribution in [0.4, 0.5) is 24.5 Å². The number of aromatic nitrogens is 2. The number of H-pyrrole nitrogens is 1. The Morgan fingerprint density at radius 2 is 1.67 bits per heavy atom. The molecule has 1 atom stereocenters. The molecule has 12 nitrogen and oxygen atoms in total. The average molecular weight is 766 g/mol. The first-order chi connectivity index (χ1) is 26.0. The fourth-order valence-electron chi connectivity index (χ4n) is 8.35. The summed E-state index contributed by atoms with van der Waals surface area (Å²) in [6.45, 7) is 6.05. The first kappa shape index (κ1) is 36.5. The zero-order chi connectivity index (χ0) is 37.7. The number of rotatable bonds is 11. The minimum Gasteiger partial charge on any atom is -0.480 e. The molecule has 1 aliphatic carbocycles. The number of hydrazine groups is 1. The van der Waals surface area contributed by atoms with E-state index in [0.29, 0.717) is 26.9 Å². The number of halogens is 3. The number of piperazine rings is 1. The molecule has 3 saturated heterocycles. The first-order valence-corrected chi connectivity index (χ1v) is 19.5. The molecule has 54 heavy (non-hydrogen) atoms. The lowest BCUT2D eigenvalue weighted by Gasteiger charge is -2.41. The van der Waals surface area contributed by atoms with Gasteiger partial charge in [-0.05, 0) is 73.9 Å². The summed E-state index contributed by atoms with van der Waals surface area (Å²) in [5, 5.41) is 11.1. The molecule has 4 aromatic rings. The second kappa shape index (κ2) is 14.6. The Morgan fingerprint density at radius 3 is 2.30 bits per heavy atom. The topological polar surface area (TPSA) is 133 Å². The number of ketones is 1. The van der Waals surface area contributed by atoms with Crippen molar-refractivity contribution in [1.29, 1.82) is 0 Å². The van der Waals surface area contributed by atoms with E-state index >= 15 is 8.78 Å². The fourth-order valence-corrected chi connectivity index (χ4v) is 9.05.